The molecule has 0 amide bonds. The highest BCUT2D eigenvalue weighted by Gasteiger charge is 2.33. The van der Waals surface area contributed by atoms with Crippen LogP contribution in [-0.4, -0.2) is 18.4 Å². The van der Waals surface area contributed by atoms with Gasteiger partial charge in [-0.3, -0.25) is 4.55 Å². The Morgan fingerprint density at radius 2 is 2.19 bits per heavy atom. The first-order chi connectivity index (χ1) is 7.38. The van der Waals surface area contributed by atoms with E-state index in [1.807, 2.05) is 0 Å². The summed E-state index contributed by atoms with van der Waals surface area (Å²) in [4.78, 5) is 0. The van der Waals surface area contributed by atoms with E-state index in [4.69, 9.17) is 26.6 Å². The summed E-state index contributed by atoms with van der Waals surface area (Å²) in [5.41, 5.74) is 5.12. The smallest absolute Gasteiger partial charge is 0.303 e. The number of benzene rings is 1. The van der Waals surface area contributed by atoms with Gasteiger partial charge in [0.05, 0.1) is 0 Å². The van der Waals surface area contributed by atoms with Crippen LogP contribution in [0.3, 0.4) is 0 Å². The number of nitrogens with two attached hydrogens (primary N) is 1. The minimum absolute atomic E-state index is 0.00613. The van der Waals surface area contributed by atoms with Gasteiger partial charge in [0, 0.05) is 23.0 Å². The first-order valence-corrected chi connectivity index (χ1v) is 6.44. The van der Waals surface area contributed by atoms with Gasteiger partial charge in [0.2, 0.25) is 5.44 Å². The normalized spacial score (nSPS) is 24.7. The summed E-state index contributed by atoms with van der Waals surface area (Å²) in [7, 11) is -4.25. The first kappa shape index (κ1) is 11.7. The lowest BCUT2D eigenvalue weighted by molar-refractivity contribution is 0.213. The number of hydrogen-bond acceptors (Lipinski definition) is 4. The summed E-state index contributed by atoms with van der Waals surface area (Å²) in [5.74, 6) is 0.339. The zero-order valence-corrected chi connectivity index (χ0v) is 9.70. The highest BCUT2D eigenvalue weighted by atomic mass is 35.5. The van der Waals surface area contributed by atoms with Crippen molar-refractivity contribution in [1.82, 2.24) is 0 Å². The Kier molecular flexibility index (Phi) is 2.83. The third-order valence-corrected chi connectivity index (χ3v) is 3.60. The zero-order chi connectivity index (χ0) is 11.9. The van der Waals surface area contributed by atoms with Crippen molar-refractivity contribution in [3.05, 3.63) is 28.8 Å². The molecule has 88 valence electrons. The SMILES string of the molecule is NC1CC(S(=O)(=O)O)Oc2ccc(Cl)cc21. The van der Waals surface area contributed by atoms with Gasteiger partial charge in [0.15, 0.2) is 0 Å². The topological polar surface area (TPSA) is 89.6 Å². The van der Waals surface area contributed by atoms with Crippen molar-refractivity contribution in [2.24, 2.45) is 5.73 Å². The number of ether oxygens (including phenoxy) is 1. The van der Waals surface area contributed by atoms with E-state index in [9.17, 15) is 8.42 Å². The van der Waals surface area contributed by atoms with Gasteiger partial charge in [-0.1, -0.05) is 11.6 Å². The van der Waals surface area contributed by atoms with Crippen LogP contribution in [0.4, 0.5) is 0 Å². The zero-order valence-electron chi connectivity index (χ0n) is 8.13. The van der Waals surface area contributed by atoms with Gasteiger partial charge in [-0.2, -0.15) is 8.42 Å². The lowest BCUT2D eigenvalue weighted by atomic mass is 10.0. The van der Waals surface area contributed by atoms with Crippen LogP contribution in [0.5, 0.6) is 5.75 Å². The summed E-state index contributed by atoms with van der Waals surface area (Å²) in [6.45, 7) is 0. The maximum atomic E-state index is 11.0. The van der Waals surface area contributed by atoms with Crippen LogP contribution in [0, 0.1) is 0 Å². The molecule has 5 nitrogen and oxygen atoms in total. The molecule has 16 heavy (non-hydrogen) atoms. The van der Waals surface area contributed by atoms with E-state index in [2.05, 4.69) is 0 Å². The van der Waals surface area contributed by atoms with Crippen LogP contribution < -0.4 is 10.5 Å². The maximum absolute atomic E-state index is 11.0. The Bertz CT molecular complexity index is 516. The molecule has 0 aromatic heterocycles. The molecule has 0 saturated heterocycles. The molecular formula is C9H10ClNO4S. The molecule has 1 aromatic rings. The third kappa shape index (κ3) is 2.15. The van der Waals surface area contributed by atoms with E-state index in [-0.39, 0.29) is 6.42 Å². The van der Waals surface area contributed by atoms with Gasteiger partial charge < -0.3 is 10.5 Å². The van der Waals surface area contributed by atoms with Gasteiger partial charge in [0.1, 0.15) is 5.75 Å². The van der Waals surface area contributed by atoms with E-state index in [0.717, 1.165) is 0 Å². The molecule has 0 fully saturated rings. The molecular weight excluding hydrogens is 254 g/mol. The number of hydrogen-bond donors (Lipinski definition) is 2. The highest BCUT2D eigenvalue weighted by molar-refractivity contribution is 7.86. The van der Waals surface area contributed by atoms with E-state index < -0.39 is 21.6 Å². The summed E-state index contributed by atoms with van der Waals surface area (Å²) >= 11 is 5.79. The first-order valence-electron chi connectivity index (χ1n) is 4.56. The van der Waals surface area contributed by atoms with Gasteiger partial charge in [-0.05, 0) is 18.2 Å². The van der Waals surface area contributed by atoms with Crippen LogP contribution in [0.15, 0.2) is 18.2 Å². The molecule has 0 radical (unpaired) electrons. The summed E-state index contributed by atoms with van der Waals surface area (Å²) < 4.78 is 36.0. The van der Waals surface area contributed by atoms with Crippen molar-refractivity contribution in [2.45, 2.75) is 17.9 Å². The Morgan fingerprint density at radius 1 is 1.50 bits per heavy atom. The van der Waals surface area contributed by atoms with Gasteiger partial charge in [-0.15, -0.1) is 0 Å². The highest BCUT2D eigenvalue weighted by Crippen LogP contribution is 2.36. The van der Waals surface area contributed by atoms with E-state index in [1.165, 1.54) is 6.07 Å². The van der Waals surface area contributed by atoms with Crippen molar-refractivity contribution in [2.75, 3.05) is 0 Å². The second-order valence-electron chi connectivity index (χ2n) is 3.59. The fraction of sp³-hybridized carbons (Fsp3) is 0.333. The Morgan fingerprint density at radius 3 is 2.81 bits per heavy atom. The number of halogens is 1. The van der Waals surface area contributed by atoms with E-state index >= 15 is 0 Å². The Hall–Kier alpha value is -0.820. The minimum atomic E-state index is -4.25. The van der Waals surface area contributed by atoms with Gasteiger partial charge >= 0.3 is 10.1 Å². The molecule has 2 rings (SSSR count). The molecule has 2 unspecified atom stereocenters. The lowest BCUT2D eigenvalue weighted by Gasteiger charge is -2.28. The van der Waals surface area contributed by atoms with E-state index in [1.54, 1.807) is 12.1 Å². The van der Waals surface area contributed by atoms with Crippen LogP contribution in [0.1, 0.15) is 18.0 Å². The molecule has 1 aromatic carbocycles. The molecule has 1 heterocycles. The fourth-order valence-electron chi connectivity index (χ4n) is 1.62. The van der Waals surface area contributed by atoms with Crippen molar-refractivity contribution >= 4 is 21.7 Å². The predicted octanol–water partition coefficient (Wildman–Crippen LogP) is 1.34. The molecule has 0 spiro atoms. The third-order valence-electron chi connectivity index (χ3n) is 2.41. The number of fused-ring (bicyclic) bond motifs is 1. The van der Waals surface area contributed by atoms with Crippen LogP contribution in [-0.2, 0) is 10.1 Å². The molecule has 0 saturated carbocycles. The van der Waals surface area contributed by atoms with E-state index in [0.29, 0.717) is 16.3 Å². The molecule has 2 atom stereocenters. The Labute approximate surface area is 97.9 Å². The molecule has 0 aliphatic carbocycles. The molecule has 7 heteroatoms. The van der Waals surface area contributed by atoms with Crippen LogP contribution in [0.25, 0.3) is 0 Å². The van der Waals surface area contributed by atoms with Crippen LogP contribution in [0.2, 0.25) is 5.02 Å². The summed E-state index contributed by atoms with van der Waals surface area (Å²) in [6, 6.07) is 4.21. The standard InChI is InChI=1S/C9H10ClNO4S/c10-5-1-2-8-6(3-5)7(11)4-9(15-8)16(12,13)14/h1-3,7,9H,4,11H2,(H,12,13,14). The van der Waals surface area contributed by atoms with Gasteiger partial charge in [-0.25, -0.2) is 0 Å². The second kappa shape index (κ2) is 3.89. The maximum Gasteiger partial charge on any atom is 0.303 e. The van der Waals surface area contributed by atoms with Gasteiger partial charge in [0.25, 0.3) is 0 Å². The largest absolute Gasteiger partial charge is 0.472 e. The molecule has 0 bridgehead atoms. The number of rotatable bonds is 1. The quantitative estimate of drug-likeness (QED) is 0.746. The average Bonchev–Trinajstić information content (AvgIpc) is 2.17. The summed E-state index contributed by atoms with van der Waals surface area (Å²) in [5, 5.41) is 0.503. The average molecular weight is 264 g/mol. The predicted molar refractivity (Wildman–Crippen MR) is 59.0 cm³/mol. The molecule has 3 N–H and O–H groups in total. The van der Waals surface area contributed by atoms with Crippen LogP contribution >= 0.6 is 11.6 Å². The minimum Gasteiger partial charge on any atom is -0.472 e. The Balaban J connectivity index is 2.41. The second-order valence-corrected chi connectivity index (χ2v) is 5.58. The van der Waals surface area contributed by atoms with Crippen molar-refractivity contribution in [3.63, 3.8) is 0 Å². The fourth-order valence-corrected chi connectivity index (χ4v) is 2.48. The molecule has 1 aliphatic heterocycles. The molecule has 1 aliphatic rings. The van der Waals surface area contributed by atoms with Crippen molar-refractivity contribution in [1.29, 1.82) is 0 Å². The lowest BCUT2D eigenvalue weighted by Crippen LogP contribution is -2.35. The van der Waals surface area contributed by atoms with Crippen molar-refractivity contribution in [3.8, 4) is 5.75 Å². The monoisotopic (exact) mass is 263 g/mol. The van der Waals surface area contributed by atoms with Crippen molar-refractivity contribution < 1.29 is 17.7 Å². The summed E-state index contributed by atoms with van der Waals surface area (Å²) in [6.07, 6.45) is 0.00613.